The lowest BCUT2D eigenvalue weighted by molar-refractivity contribution is 0.0314. The summed E-state index contributed by atoms with van der Waals surface area (Å²) in [6, 6.07) is 0. The maximum Gasteiger partial charge on any atom is 0.155 e. The summed E-state index contributed by atoms with van der Waals surface area (Å²) < 4.78 is 0. The Morgan fingerprint density at radius 3 is 2.71 bits per heavy atom. The average Bonchev–Trinajstić information content (AvgIpc) is 2.15. The summed E-state index contributed by atoms with van der Waals surface area (Å²) in [6.07, 6.45) is -0.883. The first kappa shape index (κ1) is 11.6. The Balaban J connectivity index is 2.95. The molecule has 2 atom stereocenters. The van der Waals surface area contributed by atoms with E-state index in [4.69, 9.17) is 17.3 Å². The number of nitrogens with two attached hydrogens (primary N) is 1. The lowest BCUT2D eigenvalue weighted by Gasteiger charge is -2.15. The average molecular weight is 283 g/mol. The van der Waals surface area contributed by atoms with Gasteiger partial charge in [0.1, 0.15) is 17.6 Å². The molecule has 0 aliphatic heterocycles. The van der Waals surface area contributed by atoms with Crippen LogP contribution in [0.2, 0.25) is 5.15 Å². The van der Waals surface area contributed by atoms with E-state index < -0.39 is 12.2 Å². The van der Waals surface area contributed by atoms with Crippen molar-refractivity contribution in [3.8, 4) is 0 Å². The number of aromatic nitrogens is 2. The highest BCUT2D eigenvalue weighted by molar-refractivity contribution is 9.09. The second kappa shape index (κ2) is 4.88. The first-order valence-corrected chi connectivity index (χ1v) is 5.26. The zero-order valence-electron chi connectivity index (χ0n) is 7.06. The normalized spacial score (nSPS) is 15.1. The van der Waals surface area contributed by atoms with Gasteiger partial charge in [0.25, 0.3) is 0 Å². The van der Waals surface area contributed by atoms with Crippen LogP contribution in [0.4, 0.5) is 5.82 Å². The minimum atomic E-state index is -1.17. The molecule has 0 aromatic carbocycles. The fourth-order valence-electron chi connectivity index (χ4n) is 0.853. The number of alkyl halides is 1. The molecule has 0 fully saturated rings. The Kier molecular flexibility index (Phi) is 4.06. The van der Waals surface area contributed by atoms with Gasteiger partial charge in [-0.25, -0.2) is 4.98 Å². The molecule has 0 spiro atoms. The highest BCUT2D eigenvalue weighted by Crippen LogP contribution is 2.22. The van der Waals surface area contributed by atoms with Gasteiger partial charge in [-0.15, -0.1) is 0 Å². The van der Waals surface area contributed by atoms with Crippen molar-refractivity contribution in [3.05, 3.63) is 17.0 Å². The monoisotopic (exact) mass is 281 g/mol. The minimum absolute atomic E-state index is 0.00231. The van der Waals surface area contributed by atoms with Crippen molar-refractivity contribution in [1.82, 2.24) is 9.97 Å². The summed E-state index contributed by atoms with van der Waals surface area (Å²) in [5, 5.41) is 19.1. The molecule has 4 N–H and O–H groups in total. The molecule has 1 aromatic heterocycles. The highest BCUT2D eigenvalue weighted by Gasteiger charge is 2.21. The van der Waals surface area contributed by atoms with E-state index in [0.717, 1.165) is 0 Å². The number of rotatable bonds is 3. The number of aliphatic hydroxyl groups excluding tert-OH is 2. The fourth-order valence-corrected chi connectivity index (χ4v) is 1.47. The molecule has 7 heteroatoms. The van der Waals surface area contributed by atoms with Crippen molar-refractivity contribution >= 4 is 33.3 Å². The Morgan fingerprint density at radius 2 is 2.21 bits per heavy atom. The molecule has 1 aromatic rings. The second-order valence-electron chi connectivity index (χ2n) is 2.64. The Morgan fingerprint density at radius 1 is 1.57 bits per heavy atom. The molecule has 1 heterocycles. The molecule has 1 rings (SSSR count). The third-order valence-corrected chi connectivity index (χ3v) is 2.52. The SMILES string of the molecule is Nc1cnc(C(O)C(O)CBr)c(Cl)n1. The van der Waals surface area contributed by atoms with Crippen molar-refractivity contribution in [2.45, 2.75) is 12.2 Å². The van der Waals surface area contributed by atoms with Gasteiger partial charge in [-0.1, -0.05) is 27.5 Å². The van der Waals surface area contributed by atoms with Crippen LogP contribution in [0.1, 0.15) is 11.8 Å². The molecule has 5 nitrogen and oxygen atoms in total. The number of nitrogen functional groups attached to an aromatic ring is 1. The summed E-state index contributed by atoms with van der Waals surface area (Å²) in [5.74, 6) is 0.166. The van der Waals surface area contributed by atoms with E-state index in [2.05, 4.69) is 25.9 Å². The van der Waals surface area contributed by atoms with E-state index in [1.54, 1.807) is 0 Å². The van der Waals surface area contributed by atoms with Crippen molar-refractivity contribution in [3.63, 3.8) is 0 Å². The molecule has 2 unspecified atom stereocenters. The molecule has 0 saturated heterocycles. The van der Waals surface area contributed by atoms with Crippen LogP contribution in [0.5, 0.6) is 0 Å². The van der Waals surface area contributed by atoms with Crippen LogP contribution in [0.25, 0.3) is 0 Å². The molecule has 78 valence electrons. The van der Waals surface area contributed by atoms with Crippen molar-refractivity contribution < 1.29 is 10.2 Å². The summed E-state index contributed by atoms with van der Waals surface area (Å²) in [7, 11) is 0. The molecular formula is C7H9BrClN3O2. The van der Waals surface area contributed by atoms with Gasteiger partial charge >= 0.3 is 0 Å². The highest BCUT2D eigenvalue weighted by atomic mass is 79.9. The van der Waals surface area contributed by atoms with Crippen molar-refractivity contribution in [2.24, 2.45) is 0 Å². The maximum absolute atomic E-state index is 9.55. The molecule has 14 heavy (non-hydrogen) atoms. The van der Waals surface area contributed by atoms with Gasteiger partial charge in [-0.05, 0) is 0 Å². The van der Waals surface area contributed by atoms with Gasteiger partial charge in [0.2, 0.25) is 0 Å². The first-order chi connectivity index (χ1) is 6.56. The van der Waals surface area contributed by atoms with E-state index in [-0.39, 0.29) is 22.0 Å². The van der Waals surface area contributed by atoms with Crippen molar-refractivity contribution in [1.29, 1.82) is 0 Å². The third-order valence-electron chi connectivity index (χ3n) is 1.58. The molecule has 0 radical (unpaired) electrons. The van der Waals surface area contributed by atoms with Crippen LogP contribution in [-0.4, -0.2) is 31.6 Å². The van der Waals surface area contributed by atoms with E-state index in [1.165, 1.54) is 6.20 Å². The quantitative estimate of drug-likeness (QED) is 0.702. The number of hydrogen-bond acceptors (Lipinski definition) is 5. The lowest BCUT2D eigenvalue weighted by atomic mass is 10.2. The van der Waals surface area contributed by atoms with Crippen LogP contribution in [0, 0.1) is 0 Å². The standard InChI is InChI=1S/C7H9BrClN3O2/c8-1-3(13)6(14)5-7(9)12-4(10)2-11-5/h2-3,6,13-14H,1H2,(H2,10,12). The van der Waals surface area contributed by atoms with Crippen LogP contribution >= 0.6 is 27.5 Å². The lowest BCUT2D eigenvalue weighted by Crippen LogP contribution is -2.21. The van der Waals surface area contributed by atoms with Crippen LogP contribution < -0.4 is 5.73 Å². The van der Waals surface area contributed by atoms with E-state index >= 15 is 0 Å². The summed E-state index contributed by atoms with van der Waals surface area (Å²) in [6.45, 7) is 0. The Labute approximate surface area is 94.1 Å². The number of hydrogen-bond donors (Lipinski definition) is 3. The first-order valence-electron chi connectivity index (χ1n) is 3.76. The summed E-state index contributed by atoms with van der Waals surface area (Å²) in [4.78, 5) is 7.50. The van der Waals surface area contributed by atoms with Gasteiger partial charge in [0, 0.05) is 5.33 Å². The number of aliphatic hydroxyl groups is 2. The predicted molar refractivity (Wildman–Crippen MR) is 56.2 cm³/mol. The topological polar surface area (TPSA) is 92.3 Å². The van der Waals surface area contributed by atoms with Crippen LogP contribution in [0.15, 0.2) is 6.20 Å². The van der Waals surface area contributed by atoms with E-state index in [9.17, 15) is 10.2 Å². The Hall–Kier alpha value is -0.430. The summed E-state index contributed by atoms with van der Waals surface area (Å²) in [5.41, 5.74) is 5.44. The molecule has 0 bridgehead atoms. The largest absolute Gasteiger partial charge is 0.389 e. The minimum Gasteiger partial charge on any atom is -0.389 e. The fraction of sp³-hybridized carbons (Fsp3) is 0.429. The van der Waals surface area contributed by atoms with Gasteiger partial charge < -0.3 is 15.9 Å². The van der Waals surface area contributed by atoms with E-state index in [0.29, 0.717) is 0 Å². The zero-order chi connectivity index (χ0) is 10.7. The van der Waals surface area contributed by atoms with Gasteiger partial charge in [0.15, 0.2) is 5.15 Å². The third kappa shape index (κ3) is 2.54. The summed E-state index contributed by atoms with van der Waals surface area (Å²) >= 11 is 8.71. The molecule has 0 aliphatic carbocycles. The molecule has 0 aliphatic rings. The number of nitrogens with zero attached hydrogens (tertiary/aromatic N) is 2. The zero-order valence-corrected chi connectivity index (χ0v) is 9.40. The van der Waals surface area contributed by atoms with Gasteiger partial charge in [-0.3, -0.25) is 4.98 Å². The van der Waals surface area contributed by atoms with Gasteiger partial charge in [-0.2, -0.15) is 0 Å². The van der Waals surface area contributed by atoms with E-state index in [1.807, 2.05) is 0 Å². The second-order valence-corrected chi connectivity index (χ2v) is 3.64. The number of anilines is 1. The number of halogens is 2. The molecule has 0 saturated carbocycles. The van der Waals surface area contributed by atoms with Gasteiger partial charge in [0.05, 0.1) is 12.3 Å². The maximum atomic E-state index is 9.55. The van der Waals surface area contributed by atoms with Crippen molar-refractivity contribution in [2.75, 3.05) is 11.1 Å². The van der Waals surface area contributed by atoms with Crippen LogP contribution in [0.3, 0.4) is 0 Å². The predicted octanol–water partition coefficient (Wildman–Crippen LogP) is 0.501. The Bertz CT molecular complexity index is 326. The molecule has 0 amide bonds. The molecular weight excluding hydrogens is 273 g/mol. The van der Waals surface area contributed by atoms with Crippen LogP contribution in [-0.2, 0) is 0 Å². The smallest absolute Gasteiger partial charge is 0.155 e.